The van der Waals surface area contributed by atoms with Crippen molar-refractivity contribution in [3.05, 3.63) is 34.1 Å². The third kappa shape index (κ3) is 4.82. The summed E-state index contributed by atoms with van der Waals surface area (Å²) in [5, 5.41) is 12.2. The third-order valence-electron chi connectivity index (χ3n) is 5.11. The van der Waals surface area contributed by atoms with Crippen molar-refractivity contribution in [3.8, 4) is 6.07 Å². The number of nitrogens with one attached hydrogen (secondary N) is 1. The number of aromatic nitrogens is 1. The fourth-order valence-electron chi connectivity index (χ4n) is 3.95. The van der Waals surface area contributed by atoms with Gasteiger partial charge in [0, 0.05) is 6.54 Å². The molecule has 3 aliphatic rings. The minimum Gasteiger partial charge on any atom is -0.349 e. The van der Waals surface area contributed by atoms with Gasteiger partial charge in [0.2, 0.25) is 0 Å². The van der Waals surface area contributed by atoms with Gasteiger partial charge in [-0.3, -0.25) is 4.79 Å². The Bertz CT molecular complexity index is 943. The maximum absolute atomic E-state index is 12.6. The van der Waals surface area contributed by atoms with Crippen LogP contribution >= 0.6 is 15.9 Å². The average molecular weight is 494 g/mol. The van der Waals surface area contributed by atoms with Gasteiger partial charge >= 0.3 is 0 Å². The van der Waals surface area contributed by atoms with Crippen LogP contribution in [-0.2, 0) is 28.5 Å². The minimum absolute atomic E-state index is 0.0682. The lowest BCUT2D eigenvalue weighted by Crippen LogP contribution is -2.57. The van der Waals surface area contributed by atoms with E-state index < -0.39 is 48.2 Å². The van der Waals surface area contributed by atoms with Gasteiger partial charge in [-0.25, -0.2) is 4.98 Å². The Kier molecular flexibility index (Phi) is 5.93. The summed E-state index contributed by atoms with van der Waals surface area (Å²) < 4.78 is 30.6. The SMILES string of the molecule is CC1(C)O[C@H]2O[C@H](CNC(=O)/C(C#N)=C/c3cccc(Br)n3)[C@@H]3OC(C)(C)OC3[C@H]2O1. The number of hydrogen-bond acceptors (Lipinski definition) is 8. The second-order valence-electron chi connectivity index (χ2n) is 8.47. The monoisotopic (exact) mass is 493 g/mol. The first kappa shape index (κ1) is 22.3. The van der Waals surface area contributed by atoms with Gasteiger partial charge < -0.3 is 29.0 Å². The number of hydrogen-bond donors (Lipinski definition) is 1. The van der Waals surface area contributed by atoms with E-state index in [0.717, 1.165) is 0 Å². The largest absolute Gasteiger partial charge is 0.349 e. The average Bonchev–Trinajstić information content (AvgIpc) is 3.18. The maximum atomic E-state index is 12.6. The molecular weight excluding hydrogens is 470 g/mol. The number of nitriles is 1. The molecule has 5 atom stereocenters. The standard InChI is InChI=1S/C21H24BrN3O6/c1-20(2)28-15-13(27-19-17(16(15)29-20)30-21(3,4)31-19)10-24-18(26)11(9-23)8-12-6-5-7-14(22)25-12/h5-8,13,15-17,19H,10H2,1-4H3,(H,24,26)/b11-8+/t13-,15+,16?,17-,19-/m1/s1. The molecule has 1 aromatic rings. The Morgan fingerprint density at radius 1 is 1.16 bits per heavy atom. The molecule has 9 nitrogen and oxygen atoms in total. The fraction of sp³-hybridized carbons (Fsp3) is 0.571. The van der Waals surface area contributed by atoms with Crippen molar-refractivity contribution >= 4 is 27.9 Å². The van der Waals surface area contributed by atoms with Crippen LogP contribution in [0.1, 0.15) is 33.4 Å². The van der Waals surface area contributed by atoms with E-state index in [-0.39, 0.29) is 12.1 Å². The van der Waals surface area contributed by atoms with Crippen molar-refractivity contribution in [2.75, 3.05) is 6.54 Å². The van der Waals surface area contributed by atoms with E-state index in [1.165, 1.54) is 6.08 Å². The first-order valence-electron chi connectivity index (χ1n) is 9.96. The quantitative estimate of drug-likeness (QED) is 0.386. The summed E-state index contributed by atoms with van der Waals surface area (Å²) in [5.41, 5.74) is 0.423. The highest BCUT2D eigenvalue weighted by Gasteiger charge is 2.60. The van der Waals surface area contributed by atoms with Crippen LogP contribution in [0, 0.1) is 11.3 Å². The minimum atomic E-state index is -0.823. The lowest BCUT2D eigenvalue weighted by atomic mass is 9.99. The Morgan fingerprint density at radius 3 is 2.55 bits per heavy atom. The van der Waals surface area contributed by atoms with E-state index in [1.54, 1.807) is 32.0 Å². The molecule has 3 saturated heterocycles. The molecule has 4 heterocycles. The molecule has 0 aromatic carbocycles. The summed E-state index contributed by atoms with van der Waals surface area (Å²) in [4.78, 5) is 16.9. The first-order chi connectivity index (χ1) is 14.6. The zero-order chi connectivity index (χ0) is 22.4. The molecule has 1 aromatic heterocycles. The van der Waals surface area contributed by atoms with Gasteiger partial charge in [0.1, 0.15) is 40.7 Å². The normalized spacial score (nSPS) is 33.3. The topological polar surface area (TPSA) is 112 Å². The van der Waals surface area contributed by atoms with Crippen molar-refractivity contribution in [1.82, 2.24) is 10.3 Å². The van der Waals surface area contributed by atoms with Gasteiger partial charge in [0.15, 0.2) is 17.9 Å². The number of carbonyl (C=O) groups is 1. The van der Waals surface area contributed by atoms with Crippen LogP contribution in [0.25, 0.3) is 6.08 Å². The molecule has 0 radical (unpaired) electrons. The Hall–Kier alpha value is -1.87. The van der Waals surface area contributed by atoms with Crippen LogP contribution in [0.2, 0.25) is 0 Å². The molecule has 0 bridgehead atoms. The van der Waals surface area contributed by atoms with Gasteiger partial charge in [0.05, 0.1) is 5.69 Å². The summed E-state index contributed by atoms with van der Waals surface area (Å²) in [5.74, 6) is -2.17. The van der Waals surface area contributed by atoms with Crippen LogP contribution in [0.3, 0.4) is 0 Å². The number of amides is 1. The van der Waals surface area contributed by atoms with Crippen LogP contribution in [0.4, 0.5) is 0 Å². The summed E-state index contributed by atoms with van der Waals surface area (Å²) in [6.07, 6.45) is -1.07. The Morgan fingerprint density at radius 2 is 1.84 bits per heavy atom. The molecule has 0 aliphatic carbocycles. The van der Waals surface area contributed by atoms with Crippen molar-refractivity contribution in [3.63, 3.8) is 0 Å². The molecule has 31 heavy (non-hydrogen) atoms. The van der Waals surface area contributed by atoms with Gasteiger partial charge in [-0.05, 0) is 61.8 Å². The summed E-state index contributed by atoms with van der Waals surface area (Å²) in [7, 11) is 0. The highest BCUT2D eigenvalue weighted by molar-refractivity contribution is 9.10. The predicted molar refractivity (Wildman–Crippen MR) is 111 cm³/mol. The number of fused-ring (bicyclic) bond motifs is 3. The highest BCUT2D eigenvalue weighted by atomic mass is 79.9. The predicted octanol–water partition coefficient (Wildman–Crippen LogP) is 2.26. The molecule has 10 heteroatoms. The molecule has 1 amide bonds. The van der Waals surface area contributed by atoms with Crippen molar-refractivity contribution in [2.24, 2.45) is 0 Å². The molecular formula is C21H24BrN3O6. The van der Waals surface area contributed by atoms with E-state index in [4.69, 9.17) is 23.7 Å². The zero-order valence-corrected chi connectivity index (χ0v) is 19.2. The Balaban J connectivity index is 1.47. The lowest BCUT2D eigenvalue weighted by molar-refractivity contribution is -0.232. The summed E-state index contributed by atoms with van der Waals surface area (Å²) in [6, 6.07) is 7.15. The molecule has 166 valence electrons. The van der Waals surface area contributed by atoms with Gasteiger partial charge in [-0.15, -0.1) is 0 Å². The van der Waals surface area contributed by atoms with Crippen molar-refractivity contribution in [1.29, 1.82) is 5.26 Å². The molecule has 4 rings (SSSR count). The summed E-state index contributed by atoms with van der Waals surface area (Å²) in [6.45, 7) is 7.36. The van der Waals surface area contributed by atoms with E-state index in [2.05, 4.69) is 26.2 Å². The summed E-state index contributed by atoms with van der Waals surface area (Å²) >= 11 is 3.27. The van der Waals surface area contributed by atoms with Gasteiger partial charge in [0.25, 0.3) is 5.91 Å². The number of halogens is 1. The van der Waals surface area contributed by atoms with E-state index in [1.807, 2.05) is 19.9 Å². The zero-order valence-electron chi connectivity index (χ0n) is 17.6. The van der Waals surface area contributed by atoms with E-state index in [9.17, 15) is 10.1 Å². The second kappa shape index (κ2) is 8.24. The maximum Gasteiger partial charge on any atom is 0.262 e. The van der Waals surface area contributed by atoms with Crippen molar-refractivity contribution < 1.29 is 28.5 Å². The molecule has 3 fully saturated rings. The first-order valence-corrected chi connectivity index (χ1v) is 10.8. The number of nitrogens with zero attached hydrogens (tertiary/aromatic N) is 2. The Labute approximate surface area is 188 Å². The van der Waals surface area contributed by atoms with Crippen LogP contribution in [0.5, 0.6) is 0 Å². The van der Waals surface area contributed by atoms with Crippen molar-refractivity contribution in [2.45, 2.75) is 70.0 Å². The van der Waals surface area contributed by atoms with Gasteiger partial charge in [-0.2, -0.15) is 5.26 Å². The van der Waals surface area contributed by atoms with Gasteiger partial charge in [-0.1, -0.05) is 6.07 Å². The fourth-order valence-corrected chi connectivity index (χ4v) is 4.30. The molecule has 0 saturated carbocycles. The number of rotatable bonds is 4. The number of pyridine rings is 1. The number of ether oxygens (including phenoxy) is 5. The highest BCUT2D eigenvalue weighted by Crippen LogP contribution is 2.43. The van der Waals surface area contributed by atoms with Crippen LogP contribution in [-0.4, -0.2) is 59.7 Å². The van der Waals surface area contributed by atoms with E-state index >= 15 is 0 Å². The third-order valence-corrected chi connectivity index (χ3v) is 5.55. The smallest absolute Gasteiger partial charge is 0.262 e. The second-order valence-corrected chi connectivity index (χ2v) is 9.29. The van der Waals surface area contributed by atoms with E-state index in [0.29, 0.717) is 10.3 Å². The van der Waals surface area contributed by atoms with Crippen LogP contribution < -0.4 is 5.32 Å². The molecule has 0 spiro atoms. The van der Waals surface area contributed by atoms with Crippen LogP contribution in [0.15, 0.2) is 28.4 Å². The number of carbonyl (C=O) groups excluding carboxylic acids is 1. The molecule has 1 N–H and O–H groups in total. The molecule has 1 unspecified atom stereocenters. The molecule has 3 aliphatic heterocycles. The lowest BCUT2D eigenvalue weighted by Gasteiger charge is -2.37.